The first kappa shape index (κ1) is 25.3. The number of nitrogens with zero attached hydrogens (tertiary/aromatic N) is 4. The number of amides is 1. The zero-order valence-corrected chi connectivity index (χ0v) is 19.7. The van der Waals surface area contributed by atoms with E-state index in [1.807, 2.05) is 4.90 Å². The minimum Gasteiger partial charge on any atom is -0.323 e. The number of carbonyl (C=O) groups is 1. The van der Waals surface area contributed by atoms with Crippen molar-refractivity contribution in [3.05, 3.63) is 46.6 Å². The highest BCUT2D eigenvalue weighted by atomic mass is 35.5. The standard InChI is InChI=1S/C20H25ClF3N5O3S/c1-27(13-15-11-16(21)3-4-17(15)20(22,23)24)12-14-5-8-28(9-6-14)19(30)29-10-7-18(25-29)26-33(2,31)32/h3-4,7,10-11,14H,5-6,8-9,12-13H2,1-2H3,(H,25,26). The van der Waals surface area contributed by atoms with Gasteiger partial charge >= 0.3 is 12.2 Å². The number of halogens is 4. The summed E-state index contributed by atoms with van der Waals surface area (Å²) in [5.41, 5.74) is -0.564. The lowest BCUT2D eigenvalue weighted by atomic mass is 9.96. The van der Waals surface area contributed by atoms with Crippen molar-refractivity contribution in [2.75, 3.05) is 37.7 Å². The van der Waals surface area contributed by atoms with E-state index < -0.39 is 21.8 Å². The van der Waals surface area contributed by atoms with Crippen LogP contribution in [0.5, 0.6) is 0 Å². The Bertz CT molecular complexity index is 1100. The molecule has 0 aliphatic carbocycles. The van der Waals surface area contributed by atoms with Crippen molar-refractivity contribution in [3.8, 4) is 0 Å². The predicted molar refractivity (Wildman–Crippen MR) is 119 cm³/mol. The van der Waals surface area contributed by atoms with Crippen LogP contribution in [0, 0.1) is 5.92 Å². The number of aromatic nitrogens is 2. The topological polar surface area (TPSA) is 87.5 Å². The lowest BCUT2D eigenvalue weighted by molar-refractivity contribution is -0.138. The summed E-state index contributed by atoms with van der Waals surface area (Å²) < 4.78 is 65.7. The molecular formula is C20H25ClF3N5O3S. The molecule has 1 amide bonds. The fraction of sp³-hybridized carbons (Fsp3) is 0.500. The molecule has 1 aromatic carbocycles. The van der Waals surface area contributed by atoms with Crippen LogP contribution in [-0.2, 0) is 22.7 Å². The Balaban J connectivity index is 1.54. The summed E-state index contributed by atoms with van der Waals surface area (Å²) in [5, 5.41) is 4.20. The summed E-state index contributed by atoms with van der Waals surface area (Å²) >= 11 is 5.91. The molecule has 1 N–H and O–H groups in total. The predicted octanol–water partition coefficient (Wildman–Crippen LogP) is 3.74. The van der Waals surface area contributed by atoms with Gasteiger partial charge in [0.1, 0.15) is 0 Å². The summed E-state index contributed by atoms with van der Waals surface area (Å²) in [6, 6.07) is 4.62. The molecule has 1 aliphatic rings. The van der Waals surface area contributed by atoms with Crippen LogP contribution in [0.4, 0.5) is 23.8 Å². The number of alkyl halides is 3. The largest absolute Gasteiger partial charge is 0.416 e. The monoisotopic (exact) mass is 507 g/mol. The van der Waals surface area contributed by atoms with Gasteiger partial charge in [0, 0.05) is 43.5 Å². The maximum Gasteiger partial charge on any atom is 0.416 e. The fourth-order valence-electron chi connectivity index (χ4n) is 3.89. The van der Waals surface area contributed by atoms with Gasteiger partial charge in [-0.05, 0) is 49.6 Å². The summed E-state index contributed by atoms with van der Waals surface area (Å²) in [7, 11) is -1.73. The Morgan fingerprint density at radius 1 is 1.27 bits per heavy atom. The van der Waals surface area contributed by atoms with E-state index >= 15 is 0 Å². The molecule has 1 aliphatic heterocycles. The smallest absolute Gasteiger partial charge is 0.323 e. The van der Waals surface area contributed by atoms with E-state index in [9.17, 15) is 26.4 Å². The lowest BCUT2D eigenvalue weighted by Crippen LogP contribution is -2.43. The molecule has 0 radical (unpaired) electrons. The molecule has 3 rings (SSSR count). The third-order valence-electron chi connectivity index (χ3n) is 5.34. The molecule has 0 bridgehead atoms. The molecule has 33 heavy (non-hydrogen) atoms. The average Bonchev–Trinajstić information content (AvgIpc) is 3.13. The molecule has 0 saturated carbocycles. The van der Waals surface area contributed by atoms with Crippen LogP contribution < -0.4 is 4.72 Å². The molecule has 0 spiro atoms. The second kappa shape index (κ2) is 9.90. The highest BCUT2D eigenvalue weighted by Gasteiger charge is 2.33. The van der Waals surface area contributed by atoms with Gasteiger partial charge in [0.2, 0.25) is 10.0 Å². The number of sulfonamides is 1. The zero-order valence-electron chi connectivity index (χ0n) is 18.1. The number of nitrogens with one attached hydrogen (secondary N) is 1. The first-order valence-electron chi connectivity index (χ1n) is 10.2. The van der Waals surface area contributed by atoms with Gasteiger partial charge in [-0.3, -0.25) is 4.72 Å². The average molecular weight is 508 g/mol. The van der Waals surface area contributed by atoms with Crippen LogP contribution in [0.3, 0.4) is 0 Å². The summed E-state index contributed by atoms with van der Waals surface area (Å²) in [6.07, 6.45) is -0.693. The second-order valence-electron chi connectivity index (χ2n) is 8.23. The molecule has 1 saturated heterocycles. The highest BCUT2D eigenvalue weighted by Crippen LogP contribution is 2.34. The molecule has 13 heteroatoms. The van der Waals surface area contributed by atoms with E-state index in [1.54, 1.807) is 11.9 Å². The van der Waals surface area contributed by atoms with Crippen LogP contribution in [0.25, 0.3) is 0 Å². The van der Waals surface area contributed by atoms with Crippen molar-refractivity contribution in [2.45, 2.75) is 25.6 Å². The van der Waals surface area contributed by atoms with Crippen LogP contribution in [0.15, 0.2) is 30.5 Å². The SMILES string of the molecule is CN(Cc1cc(Cl)ccc1C(F)(F)F)CC1CCN(C(=O)n2ccc(NS(C)(=O)=O)n2)CC1. The van der Waals surface area contributed by atoms with Crippen LogP contribution in [0.1, 0.15) is 24.0 Å². The number of benzene rings is 1. The molecule has 8 nitrogen and oxygen atoms in total. The molecule has 1 fully saturated rings. The number of hydrogen-bond acceptors (Lipinski definition) is 5. The normalized spacial score (nSPS) is 15.8. The minimum absolute atomic E-state index is 0.0570. The lowest BCUT2D eigenvalue weighted by Gasteiger charge is -2.33. The van der Waals surface area contributed by atoms with Crippen molar-refractivity contribution in [2.24, 2.45) is 5.92 Å². The maximum atomic E-state index is 13.3. The van der Waals surface area contributed by atoms with Gasteiger partial charge in [-0.2, -0.15) is 17.9 Å². The molecule has 2 heterocycles. The Morgan fingerprint density at radius 2 is 1.94 bits per heavy atom. The first-order valence-corrected chi connectivity index (χ1v) is 12.5. The maximum absolute atomic E-state index is 13.3. The van der Waals surface area contributed by atoms with Crippen molar-refractivity contribution in [3.63, 3.8) is 0 Å². The van der Waals surface area contributed by atoms with Gasteiger partial charge < -0.3 is 9.80 Å². The molecule has 182 valence electrons. The van der Waals surface area contributed by atoms with Gasteiger partial charge in [-0.25, -0.2) is 13.2 Å². The van der Waals surface area contributed by atoms with E-state index in [2.05, 4.69) is 9.82 Å². The highest BCUT2D eigenvalue weighted by molar-refractivity contribution is 7.92. The molecule has 1 aromatic heterocycles. The van der Waals surface area contributed by atoms with Crippen LogP contribution >= 0.6 is 11.6 Å². The summed E-state index contributed by atoms with van der Waals surface area (Å²) in [4.78, 5) is 16.1. The van der Waals surface area contributed by atoms with Crippen molar-refractivity contribution in [1.82, 2.24) is 19.6 Å². The van der Waals surface area contributed by atoms with Gasteiger partial charge in [0.15, 0.2) is 5.82 Å². The van der Waals surface area contributed by atoms with Crippen molar-refractivity contribution >= 4 is 33.5 Å². The van der Waals surface area contributed by atoms with Crippen molar-refractivity contribution in [1.29, 1.82) is 0 Å². The van der Waals surface area contributed by atoms with E-state index in [0.717, 1.165) is 17.0 Å². The van der Waals surface area contributed by atoms with E-state index in [0.29, 0.717) is 32.5 Å². The third-order valence-corrected chi connectivity index (χ3v) is 6.16. The summed E-state index contributed by atoms with van der Waals surface area (Å²) in [6.45, 7) is 1.63. The molecule has 0 unspecified atom stereocenters. The number of likely N-dealkylation sites (tertiary alicyclic amines) is 1. The van der Waals surface area contributed by atoms with E-state index in [-0.39, 0.29) is 34.9 Å². The number of piperidine rings is 1. The Morgan fingerprint density at radius 3 is 2.55 bits per heavy atom. The molecular weight excluding hydrogens is 483 g/mol. The van der Waals surface area contributed by atoms with Gasteiger partial charge in [-0.1, -0.05) is 11.6 Å². The Labute approximate surface area is 195 Å². The van der Waals surface area contributed by atoms with Crippen LogP contribution in [-0.4, -0.2) is 67.0 Å². The number of carbonyl (C=O) groups excluding carboxylic acids is 1. The fourth-order valence-corrected chi connectivity index (χ4v) is 4.58. The number of hydrogen-bond donors (Lipinski definition) is 1. The zero-order chi connectivity index (χ0) is 24.4. The van der Waals surface area contributed by atoms with Crippen LogP contribution in [0.2, 0.25) is 5.02 Å². The quantitative estimate of drug-likeness (QED) is 0.643. The van der Waals surface area contributed by atoms with E-state index in [1.165, 1.54) is 24.4 Å². The van der Waals surface area contributed by atoms with Gasteiger partial charge in [0.05, 0.1) is 11.8 Å². The first-order chi connectivity index (χ1) is 15.3. The van der Waals surface area contributed by atoms with E-state index in [4.69, 9.17) is 11.6 Å². The van der Waals surface area contributed by atoms with Gasteiger partial charge in [-0.15, -0.1) is 5.10 Å². The second-order valence-corrected chi connectivity index (χ2v) is 10.4. The molecule has 0 atom stereocenters. The number of anilines is 1. The Kier molecular flexibility index (Phi) is 7.59. The summed E-state index contributed by atoms with van der Waals surface area (Å²) in [5.74, 6) is 0.272. The van der Waals surface area contributed by atoms with Crippen molar-refractivity contribution < 1.29 is 26.4 Å². The Hall–Kier alpha value is -2.31. The minimum atomic E-state index is -4.45. The van der Waals surface area contributed by atoms with Gasteiger partial charge in [0.25, 0.3) is 0 Å². The number of rotatable bonds is 6. The molecule has 2 aromatic rings. The third kappa shape index (κ3) is 7.08.